The van der Waals surface area contributed by atoms with Gasteiger partial charge in [-0.15, -0.1) is 0 Å². The molecule has 8 heteroatoms. The van der Waals surface area contributed by atoms with Gasteiger partial charge in [0.15, 0.2) is 0 Å². The maximum Gasteiger partial charge on any atom is 0.325 e. The Balaban J connectivity index is 1.60. The van der Waals surface area contributed by atoms with E-state index in [2.05, 4.69) is 15.4 Å². The number of hydrogen-bond donors (Lipinski definition) is 3. The van der Waals surface area contributed by atoms with Crippen LogP contribution in [-0.2, 0) is 25.6 Å². The minimum Gasteiger partial charge on any atom is -0.482 e. The fraction of sp³-hybridized carbons (Fsp3) is 0.280. The molecule has 2 aromatic carbocycles. The van der Waals surface area contributed by atoms with E-state index in [9.17, 15) is 19.1 Å². The zero-order valence-corrected chi connectivity index (χ0v) is 18.6. The first kappa shape index (κ1) is 22.7. The molecule has 2 heterocycles. The van der Waals surface area contributed by atoms with Gasteiger partial charge in [-0.05, 0) is 49.2 Å². The van der Waals surface area contributed by atoms with Crippen molar-refractivity contribution in [3.8, 4) is 0 Å². The quantitative estimate of drug-likeness (QED) is 0.461. The normalized spacial score (nSPS) is 19.4. The zero-order chi connectivity index (χ0) is 23.8. The molecule has 0 unspecified atom stereocenters. The first-order chi connectivity index (χ1) is 15.7. The highest BCUT2D eigenvalue weighted by Gasteiger charge is 2.38. The topological polar surface area (TPSA) is 96.9 Å². The maximum atomic E-state index is 13.8. The second-order valence-electron chi connectivity index (χ2n) is 8.39. The van der Waals surface area contributed by atoms with Crippen molar-refractivity contribution in [3.63, 3.8) is 0 Å². The number of amides is 1. The van der Waals surface area contributed by atoms with Crippen molar-refractivity contribution in [2.45, 2.75) is 32.0 Å². The Morgan fingerprint density at radius 2 is 1.97 bits per heavy atom. The number of aliphatic hydroxyl groups is 1. The van der Waals surface area contributed by atoms with Gasteiger partial charge in [0.05, 0.1) is 19.3 Å². The van der Waals surface area contributed by atoms with Gasteiger partial charge in [0.25, 0.3) is 5.91 Å². The fourth-order valence-electron chi connectivity index (χ4n) is 4.01. The number of anilines is 1. The Labute approximate surface area is 190 Å². The average Bonchev–Trinajstić information content (AvgIpc) is 3.28. The second-order valence-corrected chi connectivity index (χ2v) is 8.39. The molecule has 0 radical (unpaired) electrons. The number of hydrogen-bond acceptors (Lipinski definition) is 6. The molecule has 3 N–H and O–H groups in total. The number of methoxy groups -OCH3 is 1. The third-order valence-electron chi connectivity index (χ3n) is 5.75. The summed E-state index contributed by atoms with van der Waals surface area (Å²) in [6.07, 6.45) is 1.82. The van der Waals surface area contributed by atoms with E-state index < -0.39 is 23.4 Å². The average molecular weight is 452 g/mol. The molecule has 7 nitrogen and oxygen atoms in total. The molecule has 0 aliphatic carbocycles. The van der Waals surface area contributed by atoms with E-state index in [-0.39, 0.29) is 12.5 Å². The second kappa shape index (κ2) is 8.80. The molecule has 33 heavy (non-hydrogen) atoms. The Hall–Kier alpha value is -3.49. The van der Waals surface area contributed by atoms with E-state index in [1.165, 1.54) is 25.3 Å². The van der Waals surface area contributed by atoms with Crippen LogP contribution in [0.3, 0.4) is 0 Å². The number of aliphatic hydroxyl groups excluding tert-OH is 1. The van der Waals surface area contributed by atoms with Crippen LogP contribution < -0.4 is 10.6 Å². The minimum absolute atomic E-state index is 0.311. The van der Waals surface area contributed by atoms with Crippen LogP contribution in [0.25, 0.3) is 11.1 Å². The molecule has 2 aromatic rings. The summed E-state index contributed by atoms with van der Waals surface area (Å²) in [5, 5.41) is 15.0. The van der Waals surface area contributed by atoms with Gasteiger partial charge in [0.1, 0.15) is 23.2 Å². The van der Waals surface area contributed by atoms with Gasteiger partial charge in [0.2, 0.25) is 0 Å². The molecule has 2 aliphatic heterocycles. The standard InChI is InChI=1S/C25H25FN2O5/c1-25(2)18(15-6-4-14(5-7-15)12-27-20(13-29)24(31)32-3)11-21(33-25)22-17-10-16(26)8-9-19(17)28-23(22)30/h4-11,20,27,29H,12-13H2,1-3H3,(H,28,30)/t20-/m1/s1. The van der Waals surface area contributed by atoms with Gasteiger partial charge >= 0.3 is 5.97 Å². The lowest BCUT2D eigenvalue weighted by Gasteiger charge is -2.23. The van der Waals surface area contributed by atoms with Gasteiger partial charge in [0, 0.05) is 23.4 Å². The molecule has 172 valence electrons. The number of esters is 1. The molecule has 0 fully saturated rings. The monoisotopic (exact) mass is 452 g/mol. The number of carbonyl (C=O) groups excluding carboxylic acids is 2. The van der Waals surface area contributed by atoms with Crippen molar-refractivity contribution in [2.75, 3.05) is 19.0 Å². The predicted octanol–water partition coefficient (Wildman–Crippen LogP) is 3.00. The van der Waals surface area contributed by atoms with Crippen molar-refractivity contribution in [2.24, 2.45) is 0 Å². The summed E-state index contributed by atoms with van der Waals surface area (Å²) in [6, 6.07) is 11.0. The third kappa shape index (κ3) is 4.40. The molecular formula is C25H25FN2O5. The summed E-state index contributed by atoms with van der Waals surface area (Å²) >= 11 is 0. The Morgan fingerprint density at radius 3 is 2.64 bits per heavy atom. The summed E-state index contributed by atoms with van der Waals surface area (Å²) in [7, 11) is 1.27. The van der Waals surface area contributed by atoms with Crippen molar-refractivity contribution < 1.29 is 28.6 Å². The van der Waals surface area contributed by atoms with Crippen LogP contribution in [-0.4, -0.2) is 42.3 Å². The van der Waals surface area contributed by atoms with Crippen molar-refractivity contribution in [1.82, 2.24) is 5.32 Å². The predicted molar refractivity (Wildman–Crippen MR) is 121 cm³/mol. The largest absolute Gasteiger partial charge is 0.482 e. The highest BCUT2D eigenvalue weighted by molar-refractivity contribution is 6.32. The lowest BCUT2D eigenvalue weighted by Crippen LogP contribution is -2.40. The summed E-state index contributed by atoms with van der Waals surface area (Å²) in [5.74, 6) is -0.887. The minimum atomic E-state index is -0.793. The molecule has 0 bridgehead atoms. The van der Waals surface area contributed by atoms with Crippen LogP contribution in [0.1, 0.15) is 30.5 Å². The summed E-state index contributed by atoms with van der Waals surface area (Å²) in [6.45, 7) is 3.82. The fourth-order valence-corrected chi connectivity index (χ4v) is 4.01. The Bertz CT molecular complexity index is 1170. The lowest BCUT2D eigenvalue weighted by atomic mass is 9.91. The van der Waals surface area contributed by atoms with Crippen LogP contribution in [0.5, 0.6) is 0 Å². The SMILES string of the molecule is COC(=O)[C@@H](CO)NCc1ccc(C2=CC(=C3C(=O)Nc4ccc(F)cc43)OC2(C)C)cc1. The first-order valence-electron chi connectivity index (χ1n) is 10.5. The molecule has 1 atom stereocenters. The van der Waals surface area contributed by atoms with Gasteiger partial charge in [-0.25, -0.2) is 4.39 Å². The molecule has 4 rings (SSSR count). The number of allylic oxidation sites excluding steroid dienone is 1. The highest BCUT2D eigenvalue weighted by Crippen LogP contribution is 2.44. The molecule has 1 amide bonds. The number of carbonyl (C=O) groups is 2. The number of benzene rings is 2. The van der Waals surface area contributed by atoms with Gasteiger partial charge in [-0.1, -0.05) is 24.3 Å². The van der Waals surface area contributed by atoms with Crippen LogP contribution in [0.2, 0.25) is 0 Å². The first-order valence-corrected chi connectivity index (χ1v) is 10.5. The van der Waals surface area contributed by atoms with E-state index in [1.807, 2.05) is 44.2 Å². The molecule has 0 spiro atoms. The zero-order valence-electron chi connectivity index (χ0n) is 18.6. The van der Waals surface area contributed by atoms with E-state index in [1.54, 1.807) is 0 Å². The third-order valence-corrected chi connectivity index (χ3v) is 5.75. The van der Waals surface area contributed by atoms with Gasteiger partial charge in [-0.3, -0.25) is 14.9 Å². The Kier molecular flexibility index (Phi) is 6.05. The Morgan fingerprint density at radius 1 is 1.24 bits per heavy atom. The maximum absolute atomic E-state index is 13.8. The van der Waals surface area contributed by atoms with Crippen LogP contribution >= 0.6 is 0 Å². The molecule has 0 saturated carbocycles. The summed E-state index contributed by atoms with van der Waals surface area (Å²) < 4.78 is 24.6. The number of halogens is 1. The molecule has 0 aromatic heterocycles. The van der Waals surface area contributed by atoms with E-state index in [0.29, 0.717) is 29.1 Å². The van der Waals surface area contributed by atoms with Crippen LogP contribution in [0.4, 0.5) is 10.1 Å². The number of fused-ring (bicyclic) bond motifs is 1. The molecule has 2 aliphatic rings. The molecular weight excluding hydrogens is 427 g/mol. The van der Waals surface area contributed by atoms with Crippen LogP contribution in [0, 0.1) is 5.82 Å². The van der Waals surface area contributed by atoms with Crippen molar-refractivity contribution in [3.05, 3.63) is 76.8 Å². The highest BCUT2D eigenvalue weighted by atomic mass is 19.1. The number of rotatable bonds is 6. The van der Waals surface area contributed by atoms with Crippen LogP contribution in [0.15, 0.2) is 54.3 Å². The van der Waals surface area contributed by atoms with E-state index in [4.69, 9.17) is 4.74 Å². The van der Waals surface area contributed by atoms with Crippen molar-refractivity contribution >= 4 is 28.7 Å². The van der Waals surface area contributed by atoms with Gasteiger partial charge < -0.3 is 19.9 Å². The van der Waals surface area contributed by atoms with E-state index in [0.717, 1.165) is 16.7 Å². The smallest absolute Gasteiger partial charge is 0.325 e. The summed E-state index contributed by atoms with van der Waals surface area (Å²) in [5.41, 5.74) is 3.34. The van der Waals surface area contributed by atoms with E-state index >= 15 is 0 Å². The molecule has 0 saturated heterocycles. The van der Waals surface area contributed by atoms with Crippen molar-refractivity contribution in [1.29, 1.82) is 0 Å². The lowest BCUT2D eigenvalue weighted by molar-refractivity contribution is -0.144. The number of nitrogens with one attached hydrogen (secondary N) is 2. The number of ether oxygens (including phenoxy) is 2. The van der Waals surface area contributed by atoms with Gasteiger partial charge in [-0.2, -0.15) is 0 Å². The summed E-state index contributed by atoms with van der Waals surface area (Å²) in [4.78, 5) is 24.2.